The van der Waals surface area contributed by atoms with Crippen LogP contribution in [0.5, 0.6) is 0 Å². The van der Waals surface area contributed by atoms with Crippen LogP contribution in [-0.4, -0.2) is 28.9 Å². The van der Waals surface area contributed by atoms with Crippen molar-refractivity contribution in [3.8, 4) is 0 Å². The number of carbonyl (C=O) groups is 2. The van der Waals surface area contributed by atoms with Crippen LogP contribution in [0, 0.1) is 6.92 Å². The number of halogens is 1. The number of aryl methyl sites for hydroxylation is 1. The number of aliphatic hydroxyl groups is 1. The Kier molecular flexibility index (Phi) is 7.43. The molecule has 0 saturated heterocycles. The molecule has 0 spiro atoms. The number of Topliss-reactive ketones (excluding diaryl/α,β-unsaturated/α-hetero) is 1. The highest BCUT2D eigenvalue weighted by Gasteiger charge is 2.24. The lowest BCUT2D eigenvalue weighted by molar-refractivity contribution is 0.0801. The number of hydrogen-bond donors (Lipinski definition) is 2. The number of benzene rings is 2. The highest BCUT2D eigenvalue weighted by molar-refractivity contribution is 7.21. The summed E-state index contributed by atoms with van der Waals surface area (Å²) in [5.41, 5.74) is 2.57. The standard InChI is InChI=1S/C26H26N2O4S.ClH/c1-14-22-16(13-32-5)10-11-17(15(2)29)24(22)33-23(14)25(30)28-21-12-19(26(3,4)31)18-8-6-7-9-20(18)27-21;/h6-12,31H,13H2,1-5H3,(H,27,28,30);1H. The van der Waals surface area contributed by atoms with E-state index in [0.29, 0.717) is 33.9 Å². The number of ether oxygens (including phenoxy) is 1. The third-order valence-corrected chi connectivity index (χ3v) is 6.99. The zero-order valence-electron chi connectivity index (χ0n) is 19.7. The first-order valence-electron chi connectivity index (χ1n) is 10.6. The van der Waals surface area contributed by atoms with Crippen molar-refractivity contribution in [2.45, 2.75) is 39.9 Å². The first-order chi connectivity index (χ1) is 15.6. The van der Waals surface area contributed by atoms with E-state index in [1.54, 1.807) is 33.1 Å². The Bertz CT molecular complexity index is 1410. The average Bonchev–Trinajstić information content (AvgIpc) is 3.10. The van der Waals surface area contributed by atoms with Gasteiger partial charge in [-0.15, -0.1) is 23.7 Å². The summed E-state index contributed by atoms with van der Waals surface area (Å²) in [7, 11) is 1.62. The molecule has 1 amide bonds. The Morgan fingerprint density at radius 3 is 2.53 bits per heavy atom. The number of methoxy groups -OCH3 is 1. The Labute approximate surface area is 208 Å². The molecule has 4 rings (SSSR count). The molecule has 0 fully saturated rings. The maximum atomic E-state index is 13.3. The first kappa shape index (κ1) is 25.8. The minimum atomic E-state index is -1.11. The molecule has 8 heteroatoms. The van der Waals surface area contributed by atoms with E-state index in [1.807, 2.05) is 37.3 Å². The Morgan fingerprint density at radius 2 is 1.88 bits per heavy atom. The van der Waals surface area contributed by atoms with Crippen LogP contribution < -0.4 is 5.32 Å². The third-order valence-electron chi connectivity index (χ3n) is 5.67. The van der Waals surface area contributed by atoms with E-state index in [4.69, 9.17) is 4.74 Å². The van der Waals surface area contributed by atoms with Gasteiger partial charge in [0.15, 0.2) is 5.78 Å². The van der Waals surface area contributed by atoms with Crippen LogP contribution in [0.2, 0.25) is 0 Å². The number of nitrogens with one attached hydrogen (secondary N) is 1. The number of para-hydroxylation sites is 1. The number of thiophene rings is 1. The van der Waals surface area contributed by atoms with E-state index in [-0.39, 0.29) is 24.1 Å². The molecule has 2 heterocycles. The van der Waals surface area contributed by atoms with Crippen molar-refractivity contribution >= 4 is 62.2 Å². The third kappa shape index (κ3) is 4.70. The highest BCUT2D eigenvalue weighted by atomic mass is 35.5. The second-order valence-electron chi connectivity index (χ2n) is 8.61. The molecule has 2 aromatic heterocycles. The van der Waals surface area contributed by atoms with Crippen LogP contribution in [0.4, 0.5) is 5.82 Å². The molecule has 0 atom stereocenters. The molecule has 0 aliphatic heterocycles. The number of pyridine rings is 1. The van der Waals surface area contributed by atoms with E-state index in [1.165, 1.54) is 18.3 Å². The van der Waals surface area contributed by atoms with E-state index < -0.39 is 5.60 Å². The molecule has 4 aromatic rings. The summed E-state index contributed by atoms with van der Waals surface area (Å²) >= 11 is 1.29. The van der Waals surface area contributed by atoms with Gasteiger partial charge in [0.05, 0.1) is 22.6 Å². The lowest BCUT2D eigenvalue weighted by atomic mass is 9.94. The molecule has 0 saturated carbocycles. The van der Waals surface area contributed by atoms with Gasteiger partial charge >= 0.3 is 0 Å². The SMILES string of the molecule is COCc1ccc(C(C)=O)c2sc(C(=O)Nc3cc(C(C)(C)O)c4ccccc4n3)c(C)c12.Cl. The molecule has 6 nitrogen and oxygen atoms in total. The largest absolute Gasteiger partial charge is 0.386 e. The summed E-state index contributed by atoms with van der Waals surface area (Å²) in [6, 6.07) is 12.9. The van der Waals surface area contributed by atoms with E-state index in [0.717, 1.165) is 26.6 Å². The zero-order chi connectivity index (χ0) is 23.9. The van der Waals surface area contributed by atoms with E-state index in [9.17, 15) is 14.7 Å². The molecule has 2 N–H and O–H groups in total. The highest BCUT2D eigenvalue weighted by Crippen LogP contribution is 2.37. The van der Waals surface area contributed by atoms with Crippen molar-refractivity contribution in [2.75, 3.05) is 12.4 Å². The quantitative estimate of drug-likeness (QED) is 0.318. The number of nitrogens with zero attached hydrogens (tertiary/aromatic N) is 1. The summed E-state index contributed by atoms with van der Waals surface area (Å²) < 4.78 is 6.11. The minimum Gasteiger partial charge on any atom is -0.386 e. The molecular formula is C26H27ClN2O4S. The number of hydrogen-bond acceptors (Lipinski definition) is 6. The molecule has 0 unspecified atom stereocenters. The van der Waals surface area contributed by atoms with Crippen molar-refractivity contribution in [3.05, 3.63) is 69.6 Å². The lowest BCUT2D eigenvalue weighted by Gasteiger charge is -2.21. The smallest absolute Gasteiger partial charge is 0.267 e. The fraction of sp³-hybridized carbons (Fsp3) is 0.269. The van der Waals surface area contributed by atoms with E-state index in [2.05, 4.69) is 10.3 Å². The van der Waals surface area contributed by atoms with Gasteiger partial charge in [0, 0.05) is 28.1 Å². The molecule has 0 radical (unpaired) electrons. The Hall–Kier alpha value is -2.84. The monoisotopic (exact) mass is 498 g/mol. The molecule has 2 aromatic carbocycles. The molecule has 0 aliphatic carbocycles. The fourth-order valence-corrected chi connectivity index (χ4v) is 5.43. The minimum absolute atomic E-state index is 0. The van der Waals surface area contributed by atoms with Gasteiger partial charge < -0.3 is 15.2 Å². The van der Waals surface area contributed by atoms with Crippen molar-refractivity contribution in [1.82, 2.24) is 4.98 Å². The van der Waals surface area contributed by atoms with Gasteiger partial charge in [-0.05, 0) is 62.6 Å². The number of aromatic nitrogens is 1. The molecule has 178 valence electrons. The fourth-order valence-electron chi connectivity index (χ4n) is 4.12. The number of fused-ring (bicyclic) bond motifs is 2. The van der Waals surface area contributed by atoms with Gasteiger partial charge in [0.2, 0.25) is 0 Å². The molecule has 34 heavy (non-hydrogen) atoms. The van der Waals surface area contributed by atoms with Gasteiger partial charge in [-0.2, -0.15) is 0 Å². The van der Waals surface area contributed by atoms with Gasteiger partial charge in [-0.1, -0.05) is 24.3 Å². The predicted octanol–water partition coefficient (Wildman–Crippen LogP) is 6.01. The number of carbonyl (C=O) groups excluding carboxylic acids is 2. The summed E-state index contributed by atoms with van der Waals surface area (Å²) in [6.45, 7) is 7.20. The summed E-state index contributed by atoms with van der Waals surface area (Å²) in [6.07, 6.45) is 0. The van der Waals surface area contributed by atoms with Crippen LogP contribution in [0.1, 0.15) is 57.5 Å². The van der Waals surface area contributed by atoms with Crippen LogP contribution in [0.3, 0.4) is 0 Å². The van der Waals surface area contributed by atoms with E-state index >= 15 is 0 Å². The molecular weight excluding hydrogens is 472 g/mol. The first-order valence-corrected chi connectivity index (χ1v) is 11.4. The Morgan fingerprint density at radius 1 is 1.18 bits per heavy atom. The lowest BCUT2D eigenvalue weighted by Crippen LogP contribution is -2.18. The van der Waals surface area contributed by atoms with Crippen molar-refractivity contribution < 1.29 is 19.4 Å². The van der Waals surface area contributed by atoms with Gasteiger partial charge in [0.25, 0.3) is 5.91 Å². The summed E-state index contributed by atoms with van der Waals surface area (Å²) in [4.78, 5) is 30.6. The zero-order valence-corrected chi connectivity index (χ0v) is 21.3. The van der Waals surface area contributed by atoms with Crippen molar-refractivity contribution in [3.63, 3.8) is 0 Å². The van der Waals surface area contributed by atoms with Crippen molar-refractivity contribution in [1.29, 1.82) is 0 Å². The van der Waals surface area contributed by atoms with Crippen LogP contribution in [0.25, 0.3) is 21.0 Å². The van der Waals surface area contributed by atoms with Crippen molar-refractivity contribution in [2.24, 2.45) is 0 Å². The predicted molar refractivity (Wildman–Crippen MR) is 139 cm³/mol. The number of anilines is 1. The molecule has 0 aliphatic rings. The van der Waals surface area contributed by atoms with Gasteiger partial charge in [0.1, 0.15) is 5.82 Å². The summed E-state index contributed by atoms with van der Waals surface area (Å²) in [5, 5.41) is 15.3. The second-order valence-corrected chi connectivity index (χ2v) is 9.63. The second kappa shape index (κ2) is 9.80. The van der Waals surface area contributed by atoms with Crippen LogP contribution >= 0.6 is 23.7 Å². The van der Waals surface area contributed by atoms with Crippen LogP contribution in [0.15, 0.2) is 42.5 Å². The number of rotatable bonds is 6. The normalized spacial score (nSPS) is 11.5. The van der Waals surface area contributed by atoms with Gasteiger partial charge in [-0.25, -0.2) is 4.98 Å². The maximum absolute atomic E-state index is 13.3. The Balaban J connectivity index is 0.00000324. The topological polar surface area (TPSA) is 88.5 Å². The number of amides is 1. The van der Waals surface area contributed by atoms with Crippen LogP contribution in [-0.2, 0) is 16.9 Å². The average molecular weight is 499 g/mol. The molecule has 0 bridgehead atoms. The number of ketones is 1. The van der Waals surface area contributed by atoms with Gasteiger partial charge in [-0.3, -0.25) is 9.59 Å². The maximum Gasteiger partial charge on any atom is 0.267 e. The summed E-state index contributed by atoms with van der Waals surface area (Å²) in [5.74, 6) is -0.00387.